The van der Waals surface area contributed by atoms with Gasteiger partial charge in [-0.15, -0.1) is 0 Å². The van der Waals surface area contributed by atoms with Crippen molar-refractivity contribution in [3.05, 3.63) is 18.0 Å². The van der Waals surface area contributed by atoms with Gasteiger partial charge in [0.2, 0.25) is 5.91 Å². The van der Waals surface area contributed by atoms with E-state index >= 15 is 0 Å². The maximum Gasteiger partial charge on any atom is 0.341 e. The Morgan fingerprint density at radius 2 is 2.23 bits per heavy atom. The van der Waals surface area contributed by atoms with Crippen molar-refractivity contribution in [2.75, 3.05) is 19.7 Å². The Morgan fingerprint density at radius 1 is 1.45 bits per heavy atom. The minimum absolute atomic E-state index is 0.148. The smallest absolute Gasteiger partial charge is 0.341 e. The highest BCUT2D eigenvalue weighted by Gasteiger charge is 2.42. The average Bonchev–Trinajstić information content (AvgIpc) is 3.05. The fourth-order valence-corrected chi connectivity index (χ4v) is 3.13. The van der Waals surface area contributed by atoms with Gasteiger partial charge in [0, 0.05) is 25.2 Å². The summed E-state index contributed by atoms with van der Waals surface area (Å²) in [5.41, 5.74) is 0.473. The molecule has 3 atom stereocenters. The summed E-state index contributed by atoms with van der Waals surface area (Å²) in [4.78, 5) is 26.0. The highest BCUT2D eigenvalue weighted by Crippen LogP contribution is 2.40. The monoisotopic (exact) mass is 305 g/mol. The quantitative estimate of drug-likeness (QED) is 0.797. The summed E-state index contributed by atoms with van der Waals surface area (Å²) in [5, 5.41) is 4.29. The van der Waals surface area contributed by atoms with Crippen LogP contribution in [0.3, 0.4) is 0 Å². The van der Waals surface area contributed by atoms with E-state index in [2.05, 4.69) is 12.0 Å². The van der Waals surface area contributed by atoms with Crippen LogP contribution in [0.25, 0.3) is 0 Å². The van der Waals surface area contributed by atoms with Crippen molar-refractivity contribution in [3.63, 3.8) is 0 Å². The SMILES string of the molecule is CCOC(=O)c1cnn([C@@H]2CCCN(C(=O)[C@H]3C[C@H]3C)C2)c1. The van der Waals surface area contributed by atoms with Gasteiger partial charge < -0.3 is 9.64 Å². The first kappa shape index (κ1) is 15.1. The van der Waals surface area contributed by atoms with E-state index in [-0.39, 0.29) is 23.8 Å². The lowest BCUT2D eigenvalue weighted by molar-refractivity contribution is -0.134. The van der Waals surface area contributed by atoms with E-state index in [1.165, 1.54) is 0 Å². The van der Waals surface area contributed by atoms with Gasteiger partial charge in [-0.2, -0.15) is 5.10 Å². The molecule has 1 aromatic rings. The van der Waals surface area contributed by atoms with Crippen molar-refractivity contribution >= 4 is 11.9 Å². The lowest BCUT2D eigenvalue weighted by atomic mass is 10.1. The van der Waals surface area contributed by atoms with E-state index in [4.69, 9.17) is 4.74 Å². The second kappa shape index (κ2) is 6.10. The number of hydrogen-bond donors (Lipinski definition) is 0. The molecular formula is C16H23N3O3. The van der Waals surface area contributed by atoms with Crippen molar-refractivity contribution in [1.82, 2.24) is 14.7 Å². The summed E-state index contributed by atoms with van der Waals surface area (Å²) in [6, 6.07) is 0.148. The number of ether oxygens (including phenoxy) is 1. The van der Waals surface area contributed by atoms with Crippen molar-refractivity contribution in [2.24, 2.45) is 11.8 Å². The van der Waals surface area contributed by atoms with Crippen LogP contribution in [0.5, 0.6) is 0 Å². The van der Waals surface area contributed by atoms with Crippen molar-refractivity contribution in [1.29, 1.82) is 0 Å². The summed E-state index contributed by atoms with van der Waals surface area (Å²) in [5.74, 6) is 0.707. The molecule has 3 rings (SSSR count). The summed E-state index contributed by atoms with van der Waals surface area (Å²) in [7, 11) is 0. The van der Waals surface area contributed by atoms with Crippen molar-refractivity contribution in [3.8, 4) is 0 Å². The largest absolute Gasteiger partial charge is 0.462 e. The zero-order chi connectivity index (χ0) is 15.7. The number of amides is 1. The molecule has 120 valence electrons. The highest BCUT2D eigenvalue weighted by atomic mass is 16.5. The second-order valence-electron chi connectivity index (χ2n) is 6.33. The third-order valence-corrected chi connectivity index (χ3v) is 4.62. The number of carbonyl (C=O) groups is 2. The second-order valence-corrected chi connectivity index (χ2v) is 6.33. The molecule has 1 saturated heterocycles. The molecule has 0 unspecified atom stereocenters. The van der Waals surface area contributed by atoms with Gasteiger partial charge in [-0.3, -0.25) is 9.48 Å². The van der Waals surface area contributed by atoms with Crippen molar-refractivity contribution < 1.29 is 14.3 Å². The predicted molar refractivity (Wildman–Crippen MR) is 80.3 cm³/mol. The molecule has 2 heterocycles. The van der Waals surface area contributed by atoms with Crippen molar-refractivity contribution in [2.45, 2.75) is 39.2 Å². The molecule has 6 nitrogen and oxygen atoms in total. The molecular weight excluding hydrogens is 282 g/mol. The van der Waals surface area contributed by atoms with Crippen LogP contribution in [-0.2, 0) is 9.53 Å². The number of likely N-dealkylation sites (tertiary alicyclic amines) is 1. The summed E-state index contributed by atoms with van der Waals surface area (Å²) >= 11 is 0. The molecule has 0 bridgehead atoms. The minimum atomic E-state index is -0.343. The predicted octanol–water partition coefficient (Wildman–Crippen LogP) is 1.88. The summed E-state index contributed by atoms with van der Waals surface area (Å²) < 4.78 is 6.79. The summed E-state index contributed by atoms with van der Waals surface area (Å²) in [6.45, 7) is 5.79. The number of piperidine rings is 1. The van der Waals surface area contributed by atoms with E-state index in [9.17, 15) is 9.59 Å². The molecule has 1 aliphatic heterocycles. The van der Waals surface area contributed by atoms with E-state index in [1.54, 1.807) is 19.3 Å². The van der Waals surface area contributed by atoms with Gasteiger partial charge in [0.25, 0.3) is 0 Å². The number of esters is 1. The Morgan fingerprint density at radius 3 is 2.91 bits per heavy atom. The Kier molecular flexibility index (Phi) is 4.18. The lowest BCUT2D eigenvalue weighted by Crippen LogP contribution is -2.41. The van der Waals surface area contributed by atoms with Gasteiger partial charge in [0.05, 0.1) is 24.4 Å². The minimum Gasteiger partial charge on any atom is -0.462 e. The number of aromatic nitrogens is 2. The van der Waals surface area contributed by atoms with Gasteiger partial charge in [-0.1, -0.05) is 6.92 Å². The maximum atomic E-state index is 12.4. The lowest BCUT2D eigenvalue weighted by Gasteiger charge is -2.33. The molecule has 22 heavy (non-hydrogen) atoms. The molecule has 1 aliphatic carbocycles. The third-order valence-electron chi connectivity index (χ3n) is 4.62. The van der Waals surface area contributed by atoms with Gasteiger partial charge in [-0.05, 0) is 32.1 Å². The fourth-order valence-electron chi connectivity index (χ4n) is 3.13. The molecule has 1 saturated carbocycles. The Bertz CT molecular complexity index is 569. The van der Waals surface area contributed by atoms with Crippen LogP contribution in [-0.4, -0.2) is 46.3 Å². The molecule has 6 heteroatoms. The first-order chi connectivity index (χ1) is 10.6. The maximum absolute atomic E-state index is 12.4. The first-order valence-corrected chi connectivity index (χ1v) is 8.10. The van der Waals surface area contributed by atoms with E-state index in [0.29, 0.717) is 24.6 Å². The third kappa shape index (κ3) is 3.00. The van der Waals surface area contributed by atoms with Gasteiger partial charge in [0.15, 0.2) is 0 Å². The molecule has 0 spiro atoms. The molecule has 0 aromatic carbocycles. The first-order valence-electron chi connectivity index (χ1n) is 8.10. The van der Waals surface area contributed by atoms with Crippen LogP contribution in [0.4, 0.5) is 0 Å². The van der Waals surface area contributed by atoms with Crippen LogP contribution in [0.15, 0.2) is 12.4 Å². The van der Waals surface area contributed by atoms with E-state index in [1.807, 2.05) is 9.58 Å². The van der Waals surface area contributed by atoms with Gasteiger partial charge >= 0.3 is 5.97 Å². The van der Waals surface area contributed by atoms with Crippen LogP contribution in [0.2, 0.25) is 0 Å². The molecule has 2 aliphatic rings. The standard InChI is InChI=1S/C16H23N3O3/c1-3-22-16(21)12-8-17-19(9-12)13-5-4-6-18(10-13)15(20)14-7-11(14)2/h8-9,11,13-14H,3-7,10H2,1-2H3/t11-,13-,14+/m1/s1. The molecule has 1 amide bonds. The summed E-state index contributed by atoms with van der Waals surface area (Å²) in [6.07, 6.45) is 6.26. The molecule has 1 aromatic heterocycles. The number of rotatable bonds is 4. The topological polar surface area (TPSA) is 64.4 Å². The number of carbonyl (C=O) groups excluding carboxylic acids is 2. The van der Waals surface area contributed by atoms with E-state index < -0.39 is 0 Å². The number of hydrogen-bond acceptors (Lipinski definition) is 4. The van der Waals surface area contributed by atoms with Gasteiger partial charge in [0.1, 0.15) is 0 Å². The number of nitrogens with zero attached hydrogens (tertiary/aromatic N) is 3. The molecule has 0 N–H and O–H groups in total. The Labute approximate surface area is 130 Å². The average molecular weight is 305 g/mol. The normalized spacial score (nSPS) is 27.5. The Hall–Kier alpha value is -1.85. The Balaban J connectivity index is 1.64. The van der Waals surface area contributed by atoms with Crippen LogP contribution in [0.1, 0.15) is 49.5 Å². The fraction of sp³-hybridized carbons (Fsp3) is 0.688. The van der Waals surface area contributed by atoms with Crippen LogP contribution < -0.4 is 0 Å². The van der Waals surface area contributed by atoms with E-state index in [0.717, 1.165) is 25.8 Å². The zero-order valence-corrected chi connectivity index (χ0v) is 13.2. The van der Waals surface area contributed by atoms with Gasteiger partial charge in [-0.25, -0.2) is 4.79 Å². The molecule has 0 radical (unpaired) electrons. The molecule has 2 fully saturated rings. The van der Waals surface area contributed by atoms with Crippen LogP contribution in [0, 0.1) is 11.8 Å². The zero-order valence-electron chi connectivity index (χ0n) is 13.2. The van der Waals surface area contributed by atoms with Crippen LogP contribution >= 0.6 is 0 Å². The highest BCUT2D eigenvalue weighted by molar-refractivity contribution is 5.88.